The minimum Gasteiger partial charge on any atom is -0.347 e. The molecule has 0 saturated carbocycles. The highest BCUT2D eigenvalue weighted by atomic mass is 32.2. The number of nitrogens with zero attached hydrogens (tertiary/aromatic N) is 5. The molecule has 2 aromatic rings. The number of halogens is 4. The van der Waals surface area contributed by atoms with Gasteiger partial charge in [0.05, 0.1) is 18.5 Å². The number of imidazole rings is 1. The smallest absolute Gasteiger partial charge is 0.347 e. The van der Waals surface area contributed by atoms with Gasteiger partial charge in [-0.3, -0.25) is 0 Å². The van der Waals surface area contributed by atoms with Crippen LogP contribution in [0.4, 0.5) is 23.5 Å². The van der Waals surface area contributed by atoms with Gasteiger partial charge in [0.15, 0.2) is 5.69 Å². The van der Waals surface area contributed by atoms with E-state index in [9.17, 15) is 26.0 Å². The lowest BCUT2D eigenvalue weighted by Gasteiger charge is -2.33. The molecule has 2 atom stereocenters. The number of hydrogen-bond acceptors (Lipinski definition) is 6. The van der Waals surface area contributed by atoms with Crippen LogP contribution in [-0.2, 0) is 22.6 Å². The van der Waals surface area contributed by atoms with E-state index in [0.717, 1.165) is 21.3 Å². The maximum Gasteiger partial charge on any atom is 0.435 e. The molecular weight excluding hydrogens is 416 g/mol. The second-order valence-electron chi connectivity index (χ2n) is 7.53. The number of rotatable bonds is 5. The largest absolute Gasteiger partial charge is 0.435 e. The second kappa shape index (κ2) is 7.67. The molecule has 1 aliphatic heterocycles. The summed E-state index contributed by atoms with van der Waals surface area (Å²) in [6.07, 6.45) is -3.70. The topological polar surface area (TPSA) is 92.5 Å². The van der Waals surface area contributed by atoms with E-state index >= 15 is 0 Å². The normalized spacial score (nSPS) is 21.8. The molecule has 3 heterocycles. The van der Waals surface area contributed by atoms with Crippen molar-refractivity contribution in [2.75, 3.05) is 24.7 Å². The highest BCUT2D eigenvalue weighted by Gasteiger charge is 2.38. The van der Waals surface area contributed by atoms with Gasteiger partial charge in [-0.05, 0) is 12.3 Å². The summed E-state index contributed by atoms with van der Waals surface area (Å²) in [5, 5.41) is 6.87. The fraction of sp³-hybridized carbons (Fsp3) is 0.688. The Balaban J connectivity index is 1.88. The lowest BCUT2D eigenvalue weighted by Crippen LogP contribution is -2.49. The van der Waals surface area contributed by atoms with Gasteiger partial charge in [-0.15, -0.1) is 5.10 Å². The molecule has 29 heavy (non-hydrogen) atoms. The molecule has 0 aliphatic carbocycles. The van der Waals surface area contributed by atoms with Crippen LogP contribution < -0.4 is 5.32 Å². The van der Waals surface area contributed by atoms with Crippen LogP contribution in [0.15, 0.2) is 6.20 Å². The van der Waals surface area contributed by atoms with E-state index in [0.29, 0.717) is 0 Å². The zero-order valence-electron chi connectivity index (χ0n) is 16.1. The average molecular weight is 438 g/mol. The predicted octanol–water partition coefficient (Wildman–Crippen LogP) is 2.13. The standard InChI is InChI=1S/C16H22F4N6O2S/c1-9(2)6-13-23-14(16(18,19)20)12-7-21-15(24-26(12)13)22-11-4-5-25(8-10(11)17)29(3,27)28/h7,9-11H,4-6,8H2,1-3H3,(H,22,24). The summed E-state index contributed by atoms with van der Waals surface area (Å²) in [5.41, 5.74) is -1.34. The molecular formula is C16H22F4N6O2S. The third-order valence-corrected chi connectivity index (χ3v) is 5.88. The van der Waals surface area contributed by atoms with Gasteiger partial charge in [0, 0.05) is 19.5 Å². The first kappa shape index (κ1) is 21.7. The number of anilines is 1. The number of piperidine rings is 1. The molecule has 13 heteroatoms. The molecule has 1 aliphatic rings. The van der Waals surface area contributed by atoms with Gasteiger partial charge < -0.3 is 5.32 Å². The van der Waals surface area contributed by atoms with E-state index in [1.165, 1.54) is 0 Å². The predicted molar refractivity (Wildman–Crippen MR) is 97.7 cm³/mol. The van der Waals surface area contributed by atoms with E-state index in [1.807, 2.05) is 13.8 Å². The zero-order valence-corrected chi connectivity index (χ0v) is 16.9. The Bertz CT molecular complexity index is 991. The Hall–Kier alpha value is -2.02. The highest BCUT2D eigenvalue weighted by Crippen LogP contribution is 2.32. The quantitative estimate of drug-likeness (QED) is 0.719. The van der Waals surface area contributed by atoms with Crippen LogP contribution in [0.1, 0.15) is 31.8 Å². The molecule has 1 saturated heterocycles. The highest BCUT2D eigenvalue weighted by molar-refractivity contribution is 7.88. The van der Waals surface area contributed by atoms with E-state index in [-0.39, 0.29) is 49.1 Å². The van der Waals surface area contributed by atoms with Gasteiger partial charge in [0.1, 0.15) is 17.5 Å². The van der Waals surface area contributed by atoms with Crippen molar-refractivity contribution in [1.82, 2.24) is 23.9 Å². The summed E-state index contributed by atoms with van der Waals surface area (Å²) in [7, 11) is -3.50. The molecule has 0 radical (unpaired) electrons. The summed E-state index contributed by atoms with van der Waals surface area (Å²) in [4.78, 5) is 7.59. The molecule has 2 aromatic heterocycles. The summed E-state index contributed by atoms with van der Waals surface area (Å²) in [6, 6.07) is -0.760. The van der Waals surface area contributed by atoms with E-state index in [1.54, 1.807) is 0 Å². The minimum absolute atomic E-state index is 0.0450. The molecule has 2 unspecified atom stereocenters. The molecule has 0 amide bonds. The fourth-order valence-electron chi connectivity index (χ4n) is 3.22. The van der Waals surface area contributed by atoms with E-state index < -0.39 is 34.1 Å². The molecule has 8 nitrogen and oxygen atoms in total. The van der Waals surface area contributed by atoms with Gasteiger partial charge in [-0.25, -0.2) is 27.3 Å². The SMILES string of the molecule is CC(C)Cc1nc(C(F)(F)F)c2cnc(NC3CCN(S(C)(=O)=O)CC3F)nn12. The van der Waals surface area contributed by atoms with Gasteiger partial charge in [-0.2, -0.15) is 17.5 Å². The Morgan fingerprint density at radius 3 is 2.59 bits per heavy atom. The number of sulfonamides is 1. The number of aromatic nitrogens is 4. The maximum atomic E-state index is 14.4. The minimum atomic E-state index is -4.65. The first-order valence-electron chi connectivity index (χ1n) is 9.04. The first-order chi connectivity index (χ1) is 13.4. The second-order valence-corrected chi connectivity index (χ2v) is 9.51. The van der Waals surface area contributed by atoms with Gasteiger partial charge in [0.2, 0.25) is 16.0 Å². The number of fused-ring (bicyclic) bond motifs is 1. The molecule has 1 fully saturated rings. The Kier molecular flexibility index (Phi) is 5.73. The van der Waals surface area contributed by atoms with Gasteiger partial charge in [0.25, 0.3) is 0 Å². The average Bonchev–Trinajstić information content (AvgIpc) is 2.93. The monoisotopic (exact) mass is 438 g/mol. The van der Waals surface area contributed by atoms with Crippen molar-refractivity contribution in [3.05, 3.63) is 17.7 Å². The summed E-state index contributed by atoms with van der Waals surface area (Å²) < 4.78 is 79.5. The summed E-state index contributed by atoms with van der Waals surface area (Å²) in [5.74, 6) is 0.133. The van der Waals surface area contributed by atoms with Crippen molar-refractivity contribution in [3.63, 3.8) is 0 Å². The number of nitrogens with one attached hydrogen (secondary N) is 1. The van der Waals surface area contributed by atoms with Crippen molar-refractivity contribution in [1.29, 1.82) is 0 Å². The molecule has 162 valence electrons. The van der Waals surface area contributed by atoms with Crippen LogP contribution in [0.2, 0.25) is 0 Å². The zero-order chi connectivity index (χ0) is 21.6. The fourth-order valence-corrected chi connectivity index (χ4v) is 4.07. The molecule has 0 bridgehead atoms. The molecule has 1 N–H and O–H groups in total. The third kappa shape index (κ3) is 4.77. The Morgan fingerprint density at radius 1 is 1.34 bits per heavy atom. The first-order valence-corrected chi connectivity index (χ1v) is 10.9. The van der Waals surface area contributed by atoms with Crippen molar-refractivity contribution in [2.45, 2.75) is 45.1 Å². The Morgan fingerprint density at radius 2 is 2.03 bits per heavy atom. The third-order valence-electron chi connectivity index (χ3n) is 4.61. The van der Waals surface area contributed by atoms with Crippen LogP contribution >= 0.6 is 0 Å². The summed E-state index contributed by atoms with van der Waals surface area (Å²) in [6.45, 7) is 3.51. The van der Waals surface area contributed by atoms with Crippen LogP contribution in [0.3, 0.4) is 0 Å². The van der Waals surface area contributed by atoms with Crippen LogP contribution in [0.5, 0.6) is 0 Å². The summed E-state index contributed by atoms with van der Waals surface area (Å²) >= 11 is 0. The van der Waals surface area contributed by atoms with E-state index in [4.69, 9.17) is 0 Å². The lowest BCUT2D eigenvalue weighted by molar-refractivity contribution is -0.139. The van der Waals surface area contributed by atoms with Gasteiger partial charge >= 0.3 is 6.18 Å². The molecule has 0 aromatic carbocycles. The van der Waals surface area contributed by atoms with Gasteiger partial charge in [-0.1, -0.05) is 13.8 Å². The Labute approximate surface area is 165 Å². The lowest BCUT2D eigenvalue weighted by atomic mass is 10.1. The van der Waals surface area contributed by atoms with Crippen molar-refractivity contribution in [2.24, 2.45) is 5.92 Å². The van der Waals surface area contributed by atoms with Crippen molar-refractivity contribution < 1.29 is 26.0 Å². The van der Waals surface area contributed by atoms with Crippen LogP contribution in [-0.4, -0.2) is 63.9 Å². The molecule has 3 rings (SSSR count). The van der Waals surface area contributed by atoms with Crippen LogP contribution in [0, 0.1) is 5.92 Å². The maximum absolute atomic E-state index is 14.4. The van der Waals surface area contributed by atoms with Crippen molar-refractivity contribution >= 4 is 21.5 Å². The van der Waals surface area contributed by atoms with Crippen LogP contribution in [0.25, 0.3) is 5.52 Å². The van der Waals surface area contributed by atoms with E-state index in [2.05, 4.69) is 20.4 Å². The van der Waals surface area contributed by atoms with Crippen molar-refractivity contribution in [3.8, 4) is 0 Å². The molecule has 0 spiro atoms. The number of hydrogen-bond donors (Lipinski definition) is 1. The number of alkyl halides is 4.